The lowest BCUT2D eigenvalue weighted by Crippen LogP contribution is -2.40. The molecule has 1 fully saturated rings. The van der Waals surface area contributed by atoms with Crippen LogP contribution in [-0.4, -0.2) is 17.9 Å². The first-order valence-electron chi connectivity index (χ1n) is 9.38. The maximum atomic E-state index is 11.8. The second-order valence-electron chi connectivity index (χ2n) is 7.93. The van der Waals surface area contributed by atoms with Crippen molar-refractivity contribution in [3.05, 3.63) is 34.9 Å². The minimum absolute atomic E-state index is 0.0163. The molecule has 0 bridgehead atoms. The Kier molecular flexibility index (Phi) is 3.78. The van der Waals surface area contributed by atoms with E-state index in [1.54, 1.807) is 0 Å². The molecule has 4 aliphatic carbocycles. The summed E-state index contributed by atoms with van der Waals surface area (Å²) < 4.78 is 5.77. The van der Waals surface area contributed by atoms with Crippen molar-refractivity contribution in [3.63, 3.8) is 0 Å². The summed E-state index contributed by atoms with van der Waals surface area (Å²) in [6.07, 6.45) is 12.7. The van der Waals surface area contributed by atoms with Crippen molar-refractivity contribution in [2.75, 3.05) is 0 Å². The number of fused-ring (bicyclic) bond motifs is 4. The zero-order valence-electron chi connectivity index (χ0n) is 14.6. The van der Waals surface area contributed by atoms with Crippen LogP contribution in [0.3, 0.4) is 0 Å². The van der Waals surface area contributed by atoms with E-state index < -0.39 is 0 Å². The average molecular weight is 326 g/mol. The Bertz CT molecular complexity index is 681. The highest BCUT2D eigenvalue weighted by molar-refractivity contribution is 5.93. The van der Waals surface area contributed by atoms with Crippen LogP contribution < -0.4 is 0 Å². The monoisotopic (exact) mass is 326 g/mol. The number of hydrogen-bond acceptors (Lipinski definition) is 3. The van der Waals surface area contributed by atoms with Crippen LogP contribution >= 0.6 is 0 Å². The lowest BCUT2D eigenvalue weighted by molar-refractivity contribution is -0.153. The average Bonchev–Trinajstić information content (AvgIpc) is 2.90. The molecular formula is C21H26O3. The van der Waals surface area contributed by atoms with E-state index in [0.29, 0.717) is 24.7 Å². The van der Waals surface area contributed by atoms with Gasteiger partial charge >= 0.3 is 5.97 Å². The number of rotatable bonds is 2. The Morgan fingerprint density at radius 1 is 1.25 bits per heavy atom. The Morgan fingerprint density at radius 3 is 2.88 bits per heavy atom. The second-order valence-corrected chi connectivity index (χ2v) is 7.93. The van der Waals surface area contributed by atoms with Crippen LogP contribution in [0.4, 0.5) is 0 Å². The van der Waals surface area contributed by atoms with Gasteiger partial charge < -0.3 is 4.74 Å². The summed E-state index contributed by atoms with van der Waals surface area (Å²) in [4.78, 5) is 23.5. The molecule has 3 nitrogen and oxygen atoms in total. The fourth-order valence-corrected chi connectivity index (χ4v) is 5.40. The number of allylic oxidation sites excluding steroid dienone is 5. The van der Waals surface area contributed by atoms with E-state index in [1.807, 2.05) is 13.0 Å². The maximum Gasteiger partial charge on any atom is 0.305 e. The summed E-state index contributed by atoms with van der Waals surface area (Å²) in [6.45, 7) is 4.13. The van der Waals surface area contributed by atoms with Crippen molar-refractivity contribution in [2.24, 2.45) is 17.3 Å². The number of ether oxygens (including phenoxy) is 1. The zero-order valence-corrected chi connectivity index (χ0v) is 14.6. The molecule has 0 heterocycles. The predicted octanol–water partition coefficient (Wildman–Crippen LogP) is 4.29. The number of hydrogen-bond donors (Lipinski definition) is 0. The van der Waals surface area contributed by atoms with E-state index in [9.17, 15) is 9.59 Å². The van der Waals surface area contributed by atoms with Gasteiger partial charge in [0.2, 0.25) is 0 Å². The molecule has 0 radical (unpaired) electrons. The largest absolute Gasteiger partial charge is 0.461 e. The van der Waals surface area contributed by atoms with Gasteiger partial charge in [0, 0.05) is 18.3 Å². The highest BCUT2D eigenvalue weighted by Gasteiger charge is 2.53. The van der Waals surface area contributed by atoms with Crippen molar-refractivity contribution < 1.29 is 14.3 Å². The number of carbonyl (C=O) groups is 2. The first kappa shape index (κ1) is 15.9. The van der Waals surface area contributed by atoms with Crippen molar-refractivity contribution in [1.82, 2.24) is 0 Å². The van der Waals surface area contributed by atoms with Gasteiger partial charge in [0.1, 0.15) is 6.10 Å². The van der Waals surface area contributed by atoms with Gasteiger partial charge in [-0.1, -0.05) is 26.0 Å². The smallest absolute Gasteiger partial charge is 0.305 e. The zero-order chi connectivity index (χ0) is 16.9. The van der Waals surface area contributed by atoms with Gasteiger partial charge in [-0.2, -0.15) is 0 Å². The maximum absolute atomic E-state index is 11.8. The third-order valence-electron chi connectivity index (χ3n) is 6.72. The van der Waals surface area contributed by atoms with Crippen molar-refractivity contribution >= 4 is 11.8 Å². The molecule has 0 aromatic rings. The van der Waals surface area contributed by atoms with Crippen molar-refractivity contribution in [1.29, 1.82) is 0 Å². The first-order chi connectivity index (χ1) is 11.5. The van der Waals surface area contributed by atoms with E-state index in [2.05, 4.69) is 19.1 Å². The van der Waals surface area contributed by atoms with Gasteiger partial charge in [-0.3, -0.25) is 9.59 Å². The van der Waals surface area contributed by atoms with Crippen molar-refractivity contribution in [2.45, 2.75) is 64.9 Å². The highest BCUT2D eigenvalue weighted by Crippen LogP contribution is 2.57. The molecule has 0 amide bonds. The van der Waals surface area contributed by atoms with Gasteiger partial charge in [0.15, 0.2) is 5.78 Å². The predicted molar refractivity (Wildman–Crippen MR) is 92.2 cm³/mol. The molecule has 24 heavy (non-hydrogen) atoms. The van der Waals surface area contributed by atoms with E-state index in [-0.39, 0.29) is 23.3 Å². The molecule has 0 aromatic carbocycles. The van der Waals surface area contributed by atoms with Crippen LogP contribution in [0.25, 0.3) is 0 Å². The van der Waals surface area contributed by atoms with Crippen LogP contribution in [0.5, 0.6) is 0 Å². The molecule has 4 rings (SSSR count). The van der Waals surface area contributed by atoms with E-state index in [0.717, 1.165) is 32.1 Å². The molecule has 0 aromatic heterocycles. The lowest BCUT2D eigenvalue weighted by Gasteiger charge is -2.45. The van der Waals surface area contributed by atoms with E-state index in [1.165, 1.54) is 16.7 Å². The molecule has 3 heteroatoms. The normalized spacial score (nSPS) is 37.5. The van der Waals surface area contributed by atoms with Gasteiger partial charge in [-0.05, 0) is 66.7 Å². The van der Waals surface area contributed by atoms with Crippen LogP contribution in [0.15, 0.2) is 34.9 Å². The Labute approximate surface area is 143 Å². The van der Waals surface area contributed by atoms with E-state index >= 15 is 0 Å². The SMILES string of the molecule is CCC(=O)O[C@H]1CC[C@H]2[C@@H]3CCC4=CC(=O)CCC4=C3C=C[C@]12C. The van der Waals surface area contributed by atoms with E-state index in [4.69, 9.17) is 4.74 Å². The Hall–Kier alpha value is -1.64. The van der Waals surface area contributed by atoms with Crippen LogP contribution in [-0.2, 0) is 14.3 Å². The summed E-state index contributed by atoms with van der Waals surface area (Å²) in [7, 11) is 0. The quantitative estimate of drug-likeness (QED) is 0.711. The summed E-state index contributed by atoms with van der Waals surface area (Å²) >= 11 is 0. The molecule has 4 aliphatic rings. The third kappa shape index (κ3) is 2.32. The van der Waals surface area contributed by atoms with Crippen LogP contribution in [0, 0.1) is 17.3 Å². The molecule has 128 valence electrons. The summed E-state index contributed by atoms with van der Waals surface area (Å²) in [5.41, 5.74) is 4.13. The van der Waals surface area contributed by atoms with Gasteiger partial charge in [-0.15, -0.1) is 0 Å². The summed E-state index contributed by atoms with van der Waals surface area (Å²) in [5.74, 6) is 1.31. The molecule has 0 N–H and O–H groups in total. The molecule has 0 unspecified atom stereocenters. The second kappa shape index (κ2) is 5.72. The minimum Gasteiger partial charge on any atom is -0.461 e. The number of esters is 1. The fourth-order valence-electron chi connectivity index (χ4n) is 5.40. The molecule has 0 aliphatic heterocycles. The minimum atomic E-state index is -0.0842. The lowest BCUT2D eigenvalue weighted by atomic mass is 9.60. The topological polar surface area (TPSA) is 43.4 Å². The fraction of sp³-hybridized carbons (Fsp3) is 0.619. The Morgan fingerprint density at radius 2 is 2.08 bits per heavy atom. The highest BCUT2D eigenvalue weighted by atomic mass is 16.5. The van der Waals surface area contributed by atoms with Crippen molar-refractivity contribution in [3.8, 4) is 0 Å². The third-order valence-corrected chi connectivity index (χ3v) is 6.72. The summed E-state index contributed by atoms with van der Waals surface area (Å²) in [5, 5.41) is 0. The number of carbonyl (C=O) groups excluding carboxylic acids is 2. The Balaban J connectivity index is 1.69. The van der Waals surface area contributed by atoms with Gasteiger partial charge in [-0.25, -0.2) is 0 Å². The number of ketones is 1. The summed E-state index contributed by atoms with van der Waals surface area (Å²) in [6, 6.07) is 0. The molecule has 4 atom stereocenters. The first-order valence-corrected chi connectivity index (χ1v) is 9.38. The molecule has 0 saturated heterocycles. The molecular weight excluding hydrogens is 300 g/mol. The standard InChI is InChI=1S/C21H26O3/c1-3-20(23)24-19-9-8-18-17-6-4-13-12-14(22)5-7-15(13)16(17)10-11-21(18,19)2/h10-12,17-19H,3-9H2,1-2H3/t17-,18+,19+,21+/m1/s1. The van der Waals surface area contributed by atoms with Crippen LogP contribution in [0.2, 0.25) is 0 Å². The molecule has 1 saturated carbocycles. The van der Waals surface area contributed by atoms with Crippen LogP contribution in [0.1, 0.15) is 58.8 Å². The molecule has 0 spiro atoms. The van der Waals surface area contributed by atoms with Gasteiger partial charge in [0.25, 0.3) is 0 Å². The van der Waals surface area contributed by atoms with Gasteiger partial charge in [0.05, 0.1) is 0 Å².